The number of nitrogens with zero attached hydrogens (tertiary/aromatic N) is 1. The average molecular weight is 183 g/mol. The van der Waals surface area contributed by atoms with Gasteiger partial charge < -0.3 is 9.84 Å². The van der Waals surface area contributed by atoms with Gasteiger partial charge in [-0.25, -0.2) is 0 Å². The SMILES string of the molecule is CC(C#N)C(C)(O)CC1CCOC1. The third-order valence-electron chi connectivity index (χ3n) is 2.85. The molecule has 3 atom stereocenters. The number of aliphatic hydroxyl groups is 1. The zero-order valence-electron chi connectivity index (χ0n) is 8.29. The van der Waals surface area contributed by atoms with Gasteiger partial charge in [-0.15, -0.1) is 0 Å². The van der Waals surface area contributed by atoms with Gasteiger partial charge in [-0.05, 0) is 32.6 Å². The maximum absolute atomic E-state index is 9.97. The van der Waals surface area contributed by atoms with E-state index in [0.29, 0.717) is 12.3 Å². The molecule has 0 radical (unpaired) electrons. The van der Waals surface area contributed by atoms with Crippen molar-refractivity contribution < 1.29 is 9.84 Å². The van der Waals surface area contributed by atoms with Crippen molar-refractivity contribution in [2.75, 3.05) is 13.2 Å². The zero-order chi connectivity index (χ0) is 9.90. The van der Waals surface area contributed by atoms with E-state index in [1.165, 1.54) is 0 Å². The third-order valence-corrected chi connectivity index (χ3v) is 2.85. The van der Waals surface area contributed by atoms with Crippen LogP contribution in [0.5, 0.6) is 0 Å². The Balaban J connectivity index is 2.45. The lowest BCUT2D eigenvalue weighted by Crippen LogP contribution is -2.34. The van der Waals surface area contributed by atoms with Gasteiger partial charge in [0.05, 0.1) is 17.6 Å². The van der Waals surface area contributed by atoms with Crippen LogP contribution in [0.3, 0.4) is 0 Å². The van der Waals surface area contributed by atoms with Gasteiger partial charge in [0.2, 0.25) is 0 Å². The first-order valence-electron chi connectivity index (χ1n) is 4.76. The standard InChI is InChI=1S/C10H17NO2/c1-8(6-11)10(2,12)5-9-3-4-13-7-9/h8-9,12H,3-5,7H2,1-2H3. The van der Waals surface area contributed by atoms with Crippen molar-refractivity contribution in [1.82, 2.24) is 0 Å². The first-order valence-corrected chi connectivity index (χ1v) is 4.76. The smallest absolute Gasteiger partial charge is 0.0778 e. The summed E-state index contributed by atoms with van der Waals surface area (Å²) in [7, 11) is 0. The molecule has 1 saturated heterocycles. The van der Waals surface area contributed by atoms with Gasteiger partial charge >= 0.3 is 0 Å². The van der Waals surface area contributed by atoms with Crippen LogP contribution in [0.15, 0.2) is 0 Å². The van der Waals surface area contributed by atoms with Gasteiger partial charge in [0.15, 0.2) is 0 Å². The van der Waals surface area contributed by atoms with Crippen molar-refractivity contribution in [2.45, 2.75) is 32.3 Å². The Labute approximate surface area is 79.3 Å². The molecule has 1 rings (SSSR count). The van der Waals surface area contributed by atoms with E-state index in [1.807, 2.05) is 0 Å². The Morgan fingerprint density at radius 3 is 2.92 bits per heavy atom. The zero-order valence-corrected chi connectivity index (χ0v) is 8.29. The molecule has 0 spiro atoms. The first-order chi connectivity index (χ1) is 6.06. The molecule has 0 amide bonds. The van der Waals surface area contributed by atoms with Crippen molar-refractivity contribution in [3.63, 3.8) is 0 Å². The van der Waals surface area contributed by atoms with Crippen LogP contribution in [-0.2, 0) is 4.74 Å². The highest BCUT2D eigenvalue weighted by Gasteiger charge is 2.32. The Bertz CT molecular complexity index is 201. The van der Waals surface area contributed by atoms with E-state index in [4.69, 9.17) is 10.00 Å². The molecule has 0 bridgehead atoms. The summed E-state index contributed by atoms with van der Waals surface area (Å²) in [5.74, 6) is 0.110. The fourth-order valence-corrected chi connectivity index (χ4v) is 1.64. The predicted octanol–water partition coefficient (Wildman–Crippen LogP) is 1.32. The number of nitriles is 1. The van der Waals surface area contributed by atoms with Crippen LogP contribution >= 0.6 is 0 Å². The Morgan fingerprint density at radius 1 is 1.77 bits per heavy atom. The van der Waals surface area contributed by atoms with E-state index in [0.717, 1.165) is 19.6 Å². The number of hydrogen-bond acceptors (Lipinski definition) is 3. The van der Waals surface area contributed by atoms with E-state index >= 15 is 0 Å². The molecule has 1 heterocycles. The van der Waals surface area contributed by atoms with Gasteiger partial charge in [0.25, 0.3) is 0 Å². The Hall–Kier alpha value is -0.590. The van der Waals surface area contributed by atoms with E-state index in [-0.39, 0.29) is 5.92 Å². The summed E-state index contributed by atoms with van der Waals surface area (Å²) >= 11 is 0. The van der Waals surface area contributed by atoms with Crippen molar-refractivity contribution in [2.24, 2.45) is 11.8 Å². The maximum Gasteiger partial charge on any atom is 0.0778 e. The summed E-state index contributed by atoms with van der Waals surface area (Å²) in [6.45, 7) is 5.02. The molecule has 0 aromatic heterocycles. The topological polar surface area (TPSA) is 53.2 Å². The molecule has 3 unspecified atom stereocenters. The normalized spacial score (nSPS) is 29.2. The molecule has 74 valence electrons. The highest BCUT2D eigenvalue weighted by molar-refractivity contribution is 4.94. The monoisotopic (exact) mass is 183 g/mol. The quantitative estimate of drug-likeness (QED) is 0.718. The van der Waals surface area contributed by atoms with Crippen LogP contribution in [0.25, 0.3) is 0 Å². The summed E-state index contributed by atoms with van der Waals surface area (Å²) in [6.07, 6.45) is 1.68. The molecule has 0 saturated carbocycles. The van der Waals surface area contributed by atoms with Crippen LogP contribution in [0.2, 0.25) is 0 Å². The average Bonchev–Trinajstić information content (AvgIpc) is 2.54. The van der Waals surface area contributed by atoms with Gasteiger partial charge in [-0.3, -0.25) is 0 Å². The summed E-state index contributed by atoms with van der Waals surface area (Å²) in [4.78, 5) is 0. The lowest BCUT2D eigenvalue weighted by molar-refractivity contribution is 0.00196. The van der Waals surface area contributed by atoms with Crippen LogP contribution < -0.4 is 0 Å². The fourth-order valence-electron chi connectivity index (χ4n) is 1.64. The molecule has 0 aliphatic carbocycles. The minimum atomic E-state index is -0.868. The third kappa shape index (κ3) is 2.68. The highest BCUT2D eigenvalue weighted by atomic mass is 16.5. The predicted molar refractivity (Wildman–Crippen MR) is 48.9 cm³/mol. The molecule has 3 nitrogen and oxygen atoms in total. The molecule has 1 aliphatic rings. The van der Waals surface area contributed by atoms with Crippen LogP contribution in [0.4, 0.5) is 0 Å². The van der Waals surface area contributed by atoms with Gasteiger partial charge in [0, 0.05) is 13.2 Å². The van der Waals surface area contributed by atoms with Gasteiger partial charge in [0.1, 0.15) is 0 Å². The van der Waals surface area contributed by atoms with Crippen LogP contribution in [-0.4, -0.2) is 23.9 Å². The maximum atomic E-state index is 9.97. The second-order valence-corrected chi connectivity index (χ2v) is 4.14. The largest absolute Gasteiger partial charge is 0.389 e. The second kappa shape index (κ2) is 4.08. The first kappa shape index (κ1) is 10.5. The Kier molecular flexibility index (Phi) is 3.29. The van der Waals surface area contributed by atoms with E-state index < -0.39 is 5.60 Å². The van der Waals surface area contributed by atoms with Gasteiger partial charge in [-0.1, -0.05) is 0 Å². The van der Waals surface area contributed by atoms with Crippen molar-refractivity contribution in [3.05, 3.63) is 0 Å². The minimum Gasteiger partial charge on any atom is -0.389 e. The van der Waals surface area contributed by atoms with E-state index in [9.17, 15) is 5.11 Å². The van der Waals surface area contributed by atoms with Crippen LogP contribution in [0.1, 0.15) is 26.7 Å². The molecular formula is C10H17NO2. The molecule has 13 heavy (non-hydrogen) atoms. The summed E-state index contributed by atoms with van der Waals surface area (Å²) in [5, 5.41) is 18.7. The minimum absolute atomic E-state index is 0.312. The highest BCUT2D eigenvalue weighted by Crippen LogP contribution is 2.28. The lowest BCUT2D eigenvalue weighted by Gasteiger charge is -2.28. The lowest BCUT2D eigenvalue weighted by atomic mass is 9.83. The molecule has 0 aromatic carbocycles. The second-order valence-electron chi connectivity index (χ2n) is 4.14. The summed E-state index contributed by atoms with van der Waals surface area (Å²) in [5.41, 5.74) is -0.868. The van der Waals surface area contributed by atoms with E-state index in [1.54, 1.807) is 13.8 Å². The fraction of sp³-hybridized carbons (Fsp3) is 0.900. The number of ether oxygens (including phenoxy) is 1. The molecular weight excluding hydrogens is 166 g/mol. The van der Waals surface area contributed by atoms with E-state index in [2.05, 4.69) is 6.07 Å². The van der Waals surface area contributed by atoms with Gasteiger partial charge in [-0.2, -0.15) is 5.26 Å². The number of hydrogen-bond donors (Lipinski definition) is 1. The molecule has 1 N–H and O–H groups in total. The molecule has 3 heteroatoms. The van der Waals surface area contributed by atoms with Crippen molar-refractivity contribution in [3.8, 4) is 6.07 Å². The summed E-state index contributed by atoms with van der Waals surface area (Å²) in [6, 6.07) is 2.09. The molecule has 1 fully saturated rings. The van der Waals surface area contributed by atoms with Crippen molar-refractivity contribution in [1.29, 1.82) is 5.26 Å². The molecule has 1 aliphatic heterocycles. The Morgan fingerprint density at radius 2 is 2.46 bits per heavy atom. The number of rotatable bonds is 3. The van der Waals surface area contributed by atoms with Crippen LogP contribution in [0, 0.1) is 23.2 Å². The van der Waals surface area contributed by atoms with Crippen molar-refractivity contribution >= 4 is 0 Å². The summed E-state index contributed by atoms with van der Waals surface area (Å²) < 4.78 is 5.22. The molecule has 0 aromatic rings.